The summed E-state index contributed by atoms with van der Waals surface area (Å²) in [6.45, 7) is 0.862. The summed E-state index contributed by atoms with van der Waals surface area (Å²) in [5.41, 5.74) is 14.0. The SMILES string of the molecule is CC(=O)O[C@H]1[C@H](N=[N+]=[N-])[C@@H](n2ccc(N)nc2=O)O[C@@H]1COC(=O)c1ccccc1. The van der Waals surface area contributed by atoms with Gasteiger partial charge in [-0.2, -0.15) is 4.98 Å². The fourth-order valence-electron chi connectivity index (χ4n) is 3.04. The summed E-state index contributed by atoms with van der Waals surface area (Å²) in [6, 6.07) is 8.51. The number of azide groups is 1. The highest BCUT2D eigenvalue weighted by atomic mass is 16.6. The first-order valence-electron chi connectivity index (χ1n) is 8.84. The Labute approximate surface area is 169 Å². The molecule has 1 fully saturated rings. The highest BCUT2D eigenvalue weighted by Crippen LogP contribution is 2.33. The molecule has 1 saturated heterocycles. The van der Waals surface area contributed by atoms with Crippen molar-refractivity contribution < 1.29 is 23.8 Å². The van der Waals surface area contributed by atoms with E-state index in [4.69, 9.17) is 25.5 Å². The van der Waals surface area contributed by atoms with Gasteiger partial charge in [-0.25, -0.2) is 9.59 Å². The largest absolute Gasteiger partial charge is 0.459 e. The second-order valence-electron chi connectivity index (χ2n) is 6.34. The van der Waals surface area contributed by atoms with Crippen molar-refractivity contribution in [3.63, 3.8) is 0 Å². The highest BCUT2D eigenvalue weighted by molar-refractivity contribution is 5.89. The van der Waals surface area contributed by atoms with E-state index >= 15 is 0 Å². The molecule has 1 aromatic carbocycles. The Morgan fingerprint density at radius 2 is 2.07 bits per heavy atom. The van der Waals surface area contributed by atoms with Crippen LogP contribution in [0.5, 0.6) is 0 Å². The Bertz CT molecular complexity index is 1030. The van der Waals surface area contributed by atoms with Crippen LogP contribution in [0.4, 0.5) is 5.82 Å². The molecule has 4 atom stereocenters. The molecule has 1 aliphatic heterocycles. The minimum Gasteiger partial charge on any atom is -0.459 e. The molecule has 0 amide bonds. The van der Waals surface area contributed by atoms with Crippen LogP contribution in [0.15, 0.2) is 52.5 Å². The first-order chi connectivity index (χ1) is 14.4. The quantitative estimate of drug-likeness (QED) is 0.318. The van der Waals surface area contributed by atoms with Crippen LogP contribution in [0, 0.1) is 0 Å². The number of hydrogen-bond acceptors (Lipinski definition) is 9. The molecule has 0 bridgehead atoms. The molecule has 1 aromatic heterocycles. The van der Waals surface area contributed by atoms with Gasteiger partial charge in [-0.05, 0) is 23.7 Å². The maximum atomic E-state index is 12.2. The van der Waals surface area contributed by atoms with E-state index in [0.29, 0.717) is 5.56 Å². The molecule has 0 aliphatic carbocycles. The van der Waals surface area contributed by atoms with E-state index in [9.17, 15) is 14.4 Å². The lowest BCUT2D eigenvalue weighted by Crippen LogP contribution is -2.38. The number of carbonyl (C=O) groups excluding carboxylic acids is 2. The monoisotopic (exact) mass is 414 g/mol. The van der Waals surface area contributed by atoms with E-state index < -0.39 is 42.1 Å². The maximum Gasteiger partial charge on any atom is 0.351 e. The van der Waals surface area contributed by atoms with E-state index in [0.717, 1.165) is 4.57 Å². The first kappa shape index (κ1) is 20.8. The molecule has 0 spiro atoms. The van der Waals surface area contributed by atoms with Gasteiger partial charge in [-0.1, -0.05) is 23.3 Å². The third-order valence-electron chi connectivity index (χ3n) is 4.31. The molecule has 3 rings (SSSR count). The summed E-state index contributed by atoms with van der Waals surface area (Å²) < 4.78 is 17.4. The van der Waals surface area contributed by atoms with Gasteiger partial charge in [-0.15, -0.1) is 0 Å². The molecule has 0 unspecified atom stereocenters. The van der Waals surface area contributed by atoms with Crippen molar-refractivity contribution >= 4 is 17.8 Å². The predicted octanol–water partition coefficient (Wildman–Crippen LogP) is 1.19. The minimum atomic E-state index is -1.15. The lowest BCUT2D eigenvalue weighted by atomic mass is 10.1. The van der Waals surface area contributed by atoms with Crippen LogP contribution in [0.25, 0.3) is 10.4 Å². The van der Waals surface area contributed by atoms with Crippen molar-refractivity contribution in [3.05, 3.63) is 69.1 Å². The van der Waals surface area contributed by atoms with E-state index in [2.05, 4.69) is 15.0 Å². The van der Waals surface area contributed by atoms with Gasteiger partial charge >= 0.3 is 17.6 Å². The van der Waals surface area contributed by atoms with Crippen molar-refractivity contribution in [2.45, 2.75) is 31.4 Å². The van der Waals surface area contributed by atoms with Gasteiger partial charge in [-0.3, -0.25) is 9.36 Å². The molecule has 0 radical (unpaired) electrons. The maximum absolute atomic E-state index is 12.2. The Morgan fingerprint density at radius 3 is 2.70 bits per heavy atom. The van der Waals surface area contributed by atoms with Gasteiger partial charge in [0, 0.05) is 18.0 Å². The molecular weight excluding hydrogens is 396 g/mol. The third-order valence-corrected chi connectivity index (χ3v) is 4.31. The Kier molecular flexibility index (Phi) is 6.30. The number of nitrogens with two attached hydrogens (primary N) is 1. The van der Waals surface area contributed by atoms with Crippen LogP contribution in [0.1, 0.15) is 23.5 Å². The van der Waals surface area contributed by atoms with Gasteiger partial charge in [0.25, 0.3) is 0 Å². The molecule has 2 aromatic rings. The summed E-state index contributed by atoms with van der Waals surface area (Å²) >= 11 is 0. The average Bonchev–Trinajstić information content (AvgIpc) is 3.03. The van der Waals surface area contributed by atoms with Crippen LogP contribution in [-0.2, 0) is 19.0 Å². The molecule has 0 saturated carbocycles. The first-order valence-corrected chi connectivity index (χ1v) is 8.84. The number of nitrogen functional groups attached to an aromatic ring is 1. The number of anilines is 1. The lowest BCUT2D eigenvalue weighted by Gasteiger charge is -2.20. The number of ether oxygens (including phenoxy) is 3. The smallest absolute Gasteiger partial charge is 0.351 e. The Morgan fingerprint density at radius 1 is 1.33 bits per heavy atom. The molecular formula is C18H18N6O6. The van der Waals surface area contributed by atoms with Crippen LogP contribution < -0.4 is 11.4 Å². The van der Waals surface area contributed by atoms with Crippen molar-refractivity contribution in [2.24, 2.45) is 5.11 Å². The van der Waals surface area contributed by atoms with Gasteiger partial charge in [0.1, 0.15) is 30.7 Å². The van der Waals surface area contributed by atoms with E-state index in [1.807, 2.05) is 0 Å². The number of nitrogens with zero attached hydrogens (tertiary/aromatic N) is 5. The van der Waals surface area contributed by atoms with Crippen molar-refractivity contribution in [1.29, 1.82) is 0 Å². The summed E-state index contributed by atoms with van der Waals surface area (Å²) in [4.78, 5) is 42.4. The fourth-order valence-corrected chi connectivity index (χ4v) is 3.04. The number of rotatable bonds is 6. The summed E-state index contributed by atoms with van der Waals surface area (Å²) in [7, 11) is 0. The number of esters is 2. The number of carbonyl (C=O) groups is 2. The Balaban J connectivity index is 1.87. The zero-order valence-corrected chi connectivity index (χ0v) is 15.8. The lowest BCUT2D eigenvalue weighted by molar-refractivity contribution is -0.150. The third kappa shape index (κ3) is 4.57. The second-order valence-corrected chi connectivity index (χ2v) is 6.34. The number of aromatic nitrogens is 2. The molecule has 2 heterocycles. The van der Waals surface area contributed by atoms with Crippen molar-refractivity contribution in [2.75, 3.05) is 12.3 Å². The predicted molar refractivity (Wildman–Crippen MR) is 102 cm³/mol. The summed E-state index contributed by atoms with van der Waals surface area (Å²) in [6.07, 6.45) is -1.92. The van der Waals surface area contributed by atoms with Crippen molar-refractivity contribution in [1.82, 2.24) is 9.55 Å². The highest BCUT2D eigenvalue weighted by Gasteiger charge is 2.48. The summed E-state index contributed by atoms with van der Waals surface area (Å²) in [5, 5.41) is 3.63. The molecule has 156 valence electrons. The standard InChI is InChI=1S/C18H18N6O6/c1-10(25)29-15-12(9-28-17(26)11-5-3-2-4-6-11)30-16(14(15)22-23-20)24-8-7-13(19)21-18(24)27/h2-8,12,14-16H,9H2,1H3,(H2,19,21,27)/t12-,14+,15-,16+/m1/s1. The van der Waals surface area contributed by atoms with Gasteiger partial charge in [0.2, 0.25) is 0 Å². The van der Waals surface area contributed by atoms with E-state index in [-0.39, 0.29) is 12.4 Å². The van der Waals surface area contributed by atoms with Crippen LogP contribution in [-0.4, -0.2) is 46.3 Å². The fraction of sp³-hybridized carbons (Fsp3) is 0.333. The minimum absolute atomic E-state index is 0.000501. The summed E-state index contributed by atoms with van der Waals surface area (Å²) in [5.74, 6) is -1.28. The molecule has 2 N–H and O–H groups in total. The molecule has 12 nitrogen and oxygen atoms in total. The zero-order chi connectivity index (χ0) is 21.7. The normalized spacial score (nSPS) is 22.7. The molecule has 1 aliphatic rings. The second kappa shape index (κ2) is 9.07. The van der Waals surface area contributed by atoms with Crippen molar-refractivity contribution in [3.8, 4) is 0 Å². The Hall–Kier alpha value is -3.89. The average molecular weight is 414 g/mol. The van der Waals surface area contributed by atoms with Crippen LogP contribution in [0.3, 0.4) is 0 Å². The van der Waals surface area contributed by atoms with Gasteiger partial charge in [0.05, 0.1) is 5.56 Å². The molecule has 12 heteroatoms. The van der Waals surface area contributed by atoms with E-state index in [1.165, 1.54) is 19.2 Å². The number of benzene rings is 1. The molecule has 30 heavy (non-hydrogen) atoms. The van der Waals surface area contributed by atoms with Gasteiger partial charge < -0.3 is 19.9 Å². The topological polar surface area (TPSA) is 171 Å². The van der Waals surface area contributed by atoms with E-state index in [1.54, 1.807) is 30.3 Å². The zero-order valence-electron chi connectivity index (χ0n) is 15.8. The number of hydrogen-bond donors (Lipinski definition) is 1. The van der Waals surface area contributed by atoms with Crippen LogP contribution in [0.2, 0.25) is 0 Å². The van der Waals surface area contributed by atoms with Crippen LogP contribution >= 0.6 is 0 Å². The van der Waals surface area contributed by atoms with Gasteiger partial charge in [0.15, 0.2) is 6.23 Å².